The van der Waals surface area contributed by atoms with Crippen molar-refractivity contribution in [3.63, 3.8) is 0 Å². The van der Waals surface area contributed by atoms with E-state index in [1.807, 2.05) is 33.2 Å². The third-order valence-electron chi connectivity index (χ3n) is 11.6. The number of rotatable bonds is 11. The molecular weight excluding hydrogens is 668 g/mol. The molecule has 7 rings (SSSR count). The number of aliphatic hydroxyl groups is 2. The van der Waals surface area contributed by atoms with Crippen molar-refractivity contribution in [2.24, 2.45) is 11.3 Å². The Morgan fingerprint density at radius 3 is 2.10 bits per heavy atom. The monoisotopic (exact) mass is 723 g/mol. The summed E-state index contributed by atoms with van der Waals surface area (Å²) >= 11 is 0. The molecule has 4 amide bonds. The first kappa shape index (κ1) is 36.4. The second kappa shape index (κ2) is 14.5. The quantitative estimate of drug-likeness (QED) is 0.242. The third-order valence-corrected chi connectivity index (χ3v) is 11.6. The lowest BCUT2D eigenvalue weighted by molar-refractivity contribution is -0.773. The summed E-state index contributed by atoms with van der Waals surface area (Å²) in [5, 5.41) is 40.4. The van der Waals surface area contributed by atoms with Crippen molar-refractivity contribution in [2.45, 2.75) is 146 Å². The molecule has 4 heterocycles. The molecule has 6 atom stereocenters. The molecule has 52 heavy (non-hydrogen) atoms. The van der Waals surface area contributed by atoms with Gasteiger partial charge in [0.25, 0.3) is 5.91 Å². The molecule has 4 N–H and O–H groups in total. The Balaban J connectivity index is 1.11. The maximum Gasteiger partial charge on any atom is 0.271 e. The van der Waals surface area contributed by atoms with E-state index in [4.69, 9.17) is 5.21 Å². The van der Waals surface area contributed by atoms with Gasteiger partial charge in [-0.2, -0.15) is 0 Å². The number of aromatic nitrogens is 6. The summed E-state index contributed by atoms with van der Waals surface area (Å²) in [7, 11) is 1.53. The van der Waals surface area contributed by atoms with Crippen molar-refractivity contribution < 1.29 is 34.1 Å². The number of amides is 4. The highest BCUT2D eigenvalue weighted by Gasteiger charge is 2.48. The van der Waals surface area contributed by atoms with Gasteiger partial charge in [0.1, 0.15) is 18.1 Å². The predicted octanol–water partition coefficient (Wildman–Crippen LogP) is 0.669. The molecule has 2 aromatic heterocycles. The third kappa shape index (κ3) is 7.45. The highest BCUT2D eigenvalue weighted by Crippen LogP contribution is 2.41. The van der Waals surface area contributed by atoms with Gasteiger partial charge >= 0.3 is 0 Å². The highest BCUT2D eigenvalue weighted by atomic mass is 16.3. The molecule has 16 heteroatoms. The maximum absolute atomic E-state index is 14.4. The minimum Gasteiger partial charge on any atom is -0.391 e. The molecular formula is C36H55N10O6+. The van der Waals surface area contributed by atoms with E-state index in [0.717, 1.165) is 69.2 Å². The van der Waals surface area contributed by atoms with Gasteiger partial charge in [-0.3, -0.25) is 19.2 Å². The molecule has 2 aromatic rings. The Kier molecular flexibility index (Phi) is 10.1. The van der Waals surface area contributed by atoms with Crippen LogP contribution in [0.15, 0.2) is 12.4 Å². The van der Waals surface area contributed by atoms with Gasteiger partial charge in [-0.05, 0) is 43.9 Å². The Labute approximate surface area is 304 Å². The zero-order chi connectivity index (χ0) is 36.9. The van der Waals surface area contributed by atoms with E-state index in [9.17, 15) is 29.4 Å². The molecule has 0 radical (unpaired) electrons. The van der Waals surface area contributed by atoms with Crippen molar-refractivity contribution in [3.8, 4) is 0 Å². The number of likely N-dealkylation sites (N-methyl/N-ethyl adjacent to an activating group) is 1. The number of carbonyl (C=O) groups excluding carboxylic acids is 4. The SMILES string of the molecule is CNC(=O)[C@@H]1C[C@@H](O)CN1C(=O)[C@H](C1CCCCC1)[n+]1cc(C2CC2)n(CNC(=O)[C@@H]2C[C@@H](O)CN2C(=O)[C@@H](n2cc(C3CC3)nn2)C(C)(C)C)n1. The van der Waals surface area contributed by atoms with Crippen LogP contribution in [0.5, 0.6) is 0 Å². The average Bonchev–Trinajstić information content (AvgIpc) is 3.96. The molecule has 3 aliphatic carbocycles. The van der Waals surface area contributed by atoms with E-state index in [2.05, 4.69) is 20.9 Å². The number of aliphatic hydroxyl groups excluding tert-OH is 2. The van der Waals surface area contributed by atoms with Crippen LogP contribution in [-0.4, -0.2) is 113 Å². The van der Waals surface area contributed by atoms with Crippen LogP contribution < -0.4 is 15.3 Å². The summed E-state index contributed by atoms with van der Waals surface area (Å²) in [4.78, 5) is 58.3. The van der Waals surface area contributed by atoms with Crippen molar-refractivity contribution in [3.05, 3.63) is 23.8 Å². The zero-order valence-electron chi connectivity index (χ0n) is 30.9. The number of β-amino-alcohol motifs (C(OH)–C–C–N with tert-alkyl or cyclic N) is 2. The fourth-order valence-electron chi connectivity index (χ4n) is 8.58. The largest absolute Gasteiger partial charge is 0.391 e. The molecule has 16 nitrogen and oxygen atoms in total. The normalized spacial score (nSPS) is 26.7. The van der Waals surface area contributed by atoms with Crippen LogP contribution >= 0.6 is 0 Å². The van der Waals surface area contributed by atoms with Gasteiger partial charge in [0.05, 0.1) is 23.1 Å². The summed E-state index contributed by atoms with van der Waals surface area (Å²) in [5.41, 5.74) is 1.24. The molecule has 2 aliphatic heterocycles. The van der Waals surface area contributed by atoms with Crippen LogP contribution in [0.3, 0.4) is 0 Å². The number of hydrogen-bond donors (Lipinski definition) is 4. The molecule has 0 bridgehead atoms. The second-order valence-corrected chi connectivity index (χ2v) is 16.8. The average molecular weight is 724 g/mol. The van der Waals surface area contributed by atoms with Crippen molar-refractivity contribution in [1.82, 2.24) is 45.3 Å². The lowest BCUT2D eigenvalue weighted by Gasteiger charge is -2.34. The minimum atomic E-state index is -0.884. The molecule has 284 valence electrons. The predicted molar refractivity (Wildman–Crippen MR) is 185 cm³/mol. The van der Waals surface area contributed by atoms with Gasteiger partial charge in [0.2, 0.25) is 23.8 Å². The van der Waals surface area contributed by atoms with Crippen LogP contribution in [0, 0.1) is 11.3 Å². The first-order chi connectivity index (χ1) is 24.8. The summed E-state index contributed by atoms with van der Waals surface area (Å²) < 4.78 is 5.07. The van der Waals surface area contributed by atoms with Crippen molar-refractivity contribution >= 4 is 23.6 Å². The van der Waals surface area contributed by atoms with E-state index in [1.165, 1.54) is 16.8 Å². The summed E-state index contributed by atoms with van der Waals surface area (Å²) in [6.07, 6.45) is 11.3. The van der Waals surface area contributed by atoms with Crippen molar-refractivity contribution in [2.75, 3.05) is 20.1 Å². The second-order valence-electron chi connectivity index (χ2n) is 16.8. The first-order valence-electron chi connectivity index (χ1n) is 19.2. The van der Waals surface area contributed by atoms with Crippen molar-refractivity contribution in [1.29, 1.82) is 0 Å². The minimum absolute atomic E-state index is 0.0139. The van der Waals surface area contributed by atoms with Crippen LogP contribution in [0.2, 0.25) is 0 Å². The molecule has 5 aliphatic rings. The Morgan fingerprint density at radius 1 is 0.885 bits per heavy atom. The molecule has 5 fully saturated rings. The molecule has 0 aromatic carbocycles. The first-order valence-corrected chi connectivity index (χ1v) is 19.2. The van der Waals surface area contributed by atoms with E-state index in [1.54, 1.807) is 14.0 Å². The Morgan fingerprint density at radius 2 is 1.50 bits per heavy atom. The molecule has 3 saturated carbocycles. The number of likely N-dealkylation sites (tertiary alicyclic amines) is 2. The molecule has 2 saturated heterocycles. The van der Waals surface area contributed by atoms with Gasteiger partial charge in [0.15, 0.2) is 18.6 Å². The van der Waals surface area contributed by atoms with E-state index in [0.29, 0.717) is 5.92 Å². The number of carbonyl (C=O) groups is 4. The fraction of sp³-hybridized carbons (Fsp3) is 0.778. The van der Waals surface area contributed by atoms with E-state index < -0.39 is 47.7 Å². The lowest BCUT2D eigenvalue weighted by Crippen LogP contribution is -2.57. The number of hydrogen-bond acceptors (Lipinski definition) is 9. The lowest BCUT2D eigenvalue weighted by atomic mass is 9.83. The van der Waals surface area contributed by atoms with E-state index in [-0.39, 0.29) is 62.2 Å². The molecule has 0 unspecified atom stereocenters. The summed E-state index contributed by atoms with van der Waals surface area (Å²) in [6.45, 7) is 6.02. The van der Waals surface area contributed by atoms with E-state index >= 15 is 0 Å². The van der Waals surface area contributed by atoms with Crippen LogP contribution in [0.25, 0.3) is 0 Å². The van der Waals surface area contributed by atoms with Gasteiger partial charge < -0.3 is 30.6 Å². The van der Waals surface area contributed by atoms with Crippen LogP contribution in [0.1, 0.15) is 127 Å². The number of nitrogens with one attached hydrogen (secondary N) is 2. The van der Waals surface area contributed by atoms with Gasteiger partial charge in [-0.25, -0.2) is 4.68 Å². The van der Waals surface area contributed by atoms with Gasteiger partial charge in [-0.15, -0.1) is 14.5 Å². The smallest absolute Gasteiger partial charge is 0.271 e. The van der Waals surface area contributed by atoms with Crippen LogP contribution in [-0.2, 0) is 25.8 Å². The topological polar surface area (TPSA) is 192 Å². The Bertz CT molecular complexity index is 1650. The fourth-order valence-corrected chi connectivity index (χ4v) is 8.58. The molecule has 0 spiro atoms. The summed E-state index contributed by atoms with van der Waals surface area (Å²) in [6, 6.07) is -3.00. The maximum atomic E-state index is 14.4. The zero-order valence-corrected chi connectivity index (χ0v) is 30.9. The van der Waals surface area contributed by atoms with Gasteiger partial charge in [0, 0.05) is 56.9 Å². The number of nitrogens with zero attached hydrogens (tertiary/aromatic N) is 8. The summed E-state index contributed by atoms with van der Waals surface area (Å²) in [5.74, 6) is -0.575. The Hall–Kier alpha value is -3.92. The van der Waals surface area contributed by atoms with Crippen LogP contribution in [0.4, 0.5) is 0 Å². The highest BCUT2D eigenvalue weighted by molar-refractivity contribution is 5.90. The van der Waals surface area contributed by atoms with Gasteiger partial charge in [-0.1, -0.05) is 45.2 Å². The standard InChI is InChI=1S/C36H54N10O6/c1-36(2,3)31(45-18-26(39-40-45)21-10-11-21)35(52)43-17-25(48)15-28(43)33(50)38-20-46-29(22-12-13-22)19-44(41-46)30(23-8-6-5-7-9-23)34(51)42-16-24(47)14-27(42)32(49)37-4/h18-19,21-25,27-28,30-31,47-48H,5-17,20H2,1-4H3,(H-,37,38,49,50)/p+1/t24-,25-,27+,28+,30+,31-/m1/s1.